The summed E-state index contributed by atoms with van der Waals surface area (Å²) in [4.78, 5) is 30.2. The molecule has 4 heterocycles. The third kappa shape index (κ3) is 5.10. The molecule has 192 valence electrons. The molecule has 0 N–H and O–H groups in total. The number of hydrogen-bond donors (Lipinski definition) is 0. The summed E-state index contributed by atoms with van der Waals surface area (Å²) >= 11 is 6.17. The summed E-state index contributed by atoms with van der Waals surface area (Å²) < 4.78 is 2.18. The van der Waals surface area contributed by atoms with Crippen molar-refractivity contribution >= 4 is 23.2 Å². The number of aromatic nitrogens is 4. The van der Waals surface area contributed by atoms with Crippen LogP contribution in [0.15, 0.2) is 85.3 Å². The molecule has 1 saturated heterocycles. The maximum absolute atomic E-state index is 12.9. The predicted molar refractivity (Wildman–Crippen MR) is 149 cm³/mol. The van der Waals surface area contributed by atoms with Crippen LogP contribution in [0.1, 0.15) is 21.9 Å². The minimum Gasteiger partial charge on any atom is -0.335 e. The highest BCUT2D eigenvalue weighted by Gasteiger charge is 2.25. The fourth-order valence-corrected chi connectivity index (χ4v) is 4.99. The lowest BCUT2D eigenvalue weighted by atomic mass is 10.1. The lowest BCUT2D eigenvalue weighted by molar-refractivity contribution is 0.0620. The molecule has 5 aromatic rings. The number of carbonyl (C=O) groups excluding carboxylic acids is 1. The molecule has 1 amide bonds. The summed E-state index contributed by atoms with van der Waals surface area (Å²) in [6, 6.07) is 24.2. The maximum atomic E-state index is 12.9. The van der Waals surface area contributed by atoms with Crippen LogP contribution < -0.4 is 0 Å². The number of nitriles is 1. The fraction of sp³-hybridized carbons (Fsp3) is 0.167. The van der Waals surface area contributed by atoms with Gasteiger partial charge in [0.25, 0.3) is 5.91 Å². The average Bonchev–Trinajstić information content (AvgIpc) is 3.35. The highest BCUT2D eigenvalue weighted by atomic mass is 35.5. The summed E-state index contributed by atoms with van der Waals surface area (Å²) in [5.74, 6) is -0.171. The lowest BCUT2D eigenvalue weighted by Gasteiger charge is -2.34. The standard InChI is InChI=1S/C30H24ClN7O/c31-24-9-6-22(7-10-24)29-27(38-19-23(8-11-28(38)35-29)21-4-2-1-3-5-21)20-36-12-14-37(15-13-36)30(39)26-18-33-25(16-32)17-34-26/h1-11,17-19H,12-15,20H2. The topological polar surface area (TPSA) is 90.4 Å². The Morgan fingerprint density at radius 1 is 0.872 bits per heavy atom. The van der Waals surface area contributed by atoms with E-state index in [1.165, 1.54) is 12.4 Å². The van der Waals surface area contributed by atoms with Gasteiger partial charge in [-0.15, -0.1) is 0 Å². The first-order valence-electron chi connectivity index (χ1n) is 12.7. The first-order valence-corrected chi connectivity index (χ1v) is 13.0. The van der Waals surface area contributed by atoms with Gasteiger partial charge in [0.05, 0.1) is 23.8 Å². The van der Waals surface area contributed by atoms with Crippen molar-refractivity contribution < 1.29 is 4.79 Å². The Balaban J connectivity index is 1.27. The minimum absolute atomic E-state index is 0.171. The van der Waals surface area contributed by atoms with Crippen molar-refractivity contribution in [3.63, 3.8) is 0 Å². The lowest BCUT2D eigenvalue weighted by Crippen LogP contribution is -2.48. The molecule has 0 saturated carbocycles. The molecule has 0 bridgehead atoms. The van der Waals surface area contributed by atoms with Crippen LogP contribution in [0.4, 0.5) is 0 Å². The van der Waals surface area contributed by atoms with Gasteiger partial charge in [-0.05, 0) is 35.4 Å². The molecule has 0 atom stereocenters. The molecule has 1 fully saturated rings. The van der Waals surface area contributed by atoms with Crippen molar-refractivity contribution in [2.24, 2.45) is 0 Å². The van der Waals surface area contributed by atoms with Crippen molar-refractivity contribution in [1.82, 2.24) is 29.2 Å². The number of fused-ring (bicyclic) bond motifs is 1. The van der Waals surface area contributed by atoms with Gasteiger partial charge in [0.1, 0.15) is 17.4 Å². The third-order valence-electron chi connectivity index (χ3n) is 6.96. The number of rotatable bonds is 5. The number of hydrogen-bond acceptors (Lipinski definition) is 6. The molecule has 9 heteroatoms. The van der Waals surface area contributed by atoms with Crippen LogP contribution in [0.3, 0.4) is 0 Å². The van der Waals surface area contributed by atoms with E-state index in [-0.39, 0.29) is 17.3 Å². The quantitative estimate of drug-likeness (QED) is 0.318. The number of carbonyl (C=O) groups is 1. The third-order valence-corrected chi connectivity index (χ3v) is 7.21. The number of amides is 1. The zero-order valence-corrected chi connectivity index (χ0v) is 21.8. The van der Waals surface area contributed by atoms with Crippen LogP contribution in [0, 0.1) is 11.3 Å². The van der Waals surface area contributed by atoms with Crippen molar-refractivity contribution in [1.29, 1.82) is 5.26 Å². The van der Waals surface area contributed by atoms with E-state index in [0.717, 1.165) is 33.7 Å². The Morgan fingerprint density at radius 2 is 1.62 bits per heavy atom. The smallest absolute Gasteiger partial charge is 0.274 e. The van der Waals surface area contributed by atoms with E-state index >= 15 is 0 Å². The molecule has 1 aliphatic rings. The van der Waals surface area contributed by atoms with Crippen LogP contribution >= 0.6 is 11.6 Å². The second-order valence-corrected chi connectivity index (χ2v) is 9.83. The van der Waals surface area contributed by atoms with Gasteiger partial charge in [-0.2, -0.15) is 5.26 Å². The highest BCUT2D eigenvalue weighted by Crippen LogP contribution is 2.29. The summed E-state index contributed by atoms with van der Waals surface area (Å²) in [6.45, 7) is 3.24. The molecule has 0 radical (unpaired) electrons. The molecule has 1 aliphatic heterocycles. The van der Waals surface area contributed by atoms with Gasteiger partial charge in [-0.1, -0.05) is 54.1 Å². The molecule has 8 nitrogen and oxygen atoms in total. The second kappa shape index (κ2) is 10.7. The van der Waals surface area contributed by atoms with E-state index in [4.69, 9.17) is 21.8 Å². The highest BCUT2D eigenvalue weighted by molar-refractivity contribution is 6.30. The molecule has 0 aliphatic carbocycles. The van der Waals surface area contributed by atoms with E-state index in [0.29, 0.717) is 37.7 Å². The van der Waals surface area contributed by atoms with Crippen molar-refractivity contribution in [2.75, 3.05) is 26.2 Å². The van der Waals surface area contributed by atoms with Crippen LogP contribution in [0.25, 0.3) is 28.0 Å². The summed E-state index contributed by atoms with van der Waals surface area (Å²) in [5.41, 5.74) is 6.59. The van der Waals surface area contributed by atoms with Crippen molar-refractivity contribution in [3.8, 4) is 28.5 Å². The number of halogens is 1. The van der Waals surface area contributed by atoms with Gasteiger partial charge in [0, 0.05) is 49.5 Å². The number of imidazole rings is 1. The Bertz CT molecular complexity index is 1670. The fourth-order valence-electron chi connectivity index (χ4n) is 4.86. The SMILES string of the molecule is N#Cc1cnc(C(=O)N2CCN(Cc3c(-c4ccc(Cl)cc4)nc4ccc(-c5ccccc5)cn34)CC2)cn1. The second-order valence-electron chi connectivity index (χ2n) is 9.39. The van der Waals surface area contributed by atoms with Gasteiger partial charge < -0.3 is 9.30 Å². The molecule has 6 rings (SSSR count). The van der Waals surface area contributed by atoms with Gasteiger partial charge in [0.15, 0.2) is 5.69 Å². The number of benzene rings is 2. The van der Waals surface area contributed by atoms with Crippen LogP contribution in [-0.4, -0.2) is 61.2 Å². The van der Waals surface area contributed by atoms with E-state index in [1.54, 1.807) is 4.90 Å². The number of pyridine rings is 1. The Hall–Kier alpha value is -4.58. The maximum Gasteiger partial charge on any atom is 0.274 e. The predicted octanol–water partition coefficient (Wildman–Crippen LogP) is 4.94. The first kappa shape index (κ1) is 24.7. The molecule has 0 spiro atoms. The Labute approximate surface area is 230 Å². The monoisotopic (exact) mass is 533 g/mol. The van der Waals surface area contributed by atoms with E-state index < -0.39 is 0 Å². The van der Waals surface area contributed by atoms with E-state index in [1.807, 2.05) is 48.5 Å². The molecule has 3 aromatic heterocycles. The van der Waals surface area contributed by atoms with E-state index in [9.17, 15) is 4.79 Å². The van der Waals surface area contributed by atoms with Crippen LogP contribution in [-0.2, 0) is 6.54 Å². The Kier molecular flexibility index (Phi) is 6.76. The van der Waals surface area contributed by atoms with Crippen molar-refractivity contribution in [3.05, 3.63) is 107 Å². The van der Waals surface area contributed by atoms with Crippen LogP contribution in [0.5, 0.6) is 0 Å². The Morgan fingerprint density at radius 3 is 2.31 bits per heavy atom. The number of piperazine rings is 1. The largest absolute Gasteiger partial charge is 0.335 e. The van der Waals surface area contributed by atoms with Gasteiger partial charge in [-0.3, -0.25) is 9.69 Å². The van der Waals surface area contributed by atoms with Gasteiger partial charge in [0.2, 0.25) is 0 Å². The van der Waals surface area contributed by atoms with Gasteiger partial charge >= 0.3 is 0 Å². The van der Waals surface area contributed by atoms with Crippen molar-refractivity contribution in [2.45, 2.75) is 6.54 Å². The summed E-state index contributed by atoms with van der Waals surface area (Å²) in [7, 11) is 0. The molecule has 0 unspecified atom stereocenters. The molecule has 2 aromatic carbocycles. The summed E-state index contributed by atoms with van der Waals surface area (Å²) in [5, 5.41) is 9.61. The zero-order valence-electron chi connectivity index (χ0n) is 21.0. The first-order chi connectivity index (χ1) is 19.1. The molecule has 39 heavy (non-hydrogen) atoms. The van der Waals surface area contributed by atoms with Gasteiger partial charge in [-0.25, -0.2) is 15.0 Å². The average molecular weight is 534 g/mol. The van der Waals surface area contributed by atoms with Crippen LogP contribution in [0.2, 0.25) is 5.02 Å². The molecular formula is C30H24ClN7O. The molecular weight excluding hydrogens is 510 g/mol. The zero-order chi connectivity index (χ0) is 26.8. The van der Waals surface area contributed by atoms with E-state index in [2.05, 4.69) is 49.7 Å². The number of nitrogens with zero attached hydrogens (tertiary/aromatic N) is 7. The normalized spacial score (nSPS) is 13.9. The minimum atomic E-state index is -0.171. The summed E-state index contributed by atoms with van der Waals surface area (Å²) in [6.07, 6.45) is 4.85.